The van der Waals surface area contributed by atoms with E-state index >= 15 is 0 Å². The van der Waals surface area contributed by atoms with Crippen LogP contribution in [0.3, 0.4) is 0 Å². The highest BCUT2D eigenvalue weighted by Crippen LogP contribution is 2.17. The first kappa shape index (κ1) is 13.8. The molecule has 1 aromatic carbocycles. The highest BCUT2D eigenvalue weighted by atomic mass is 16.3. The van der Waals surface area contributed by atoms with Gasteiger partial charge in [-0.15, -0.1) is 0 Å². The summed E-state index contributed by atoms with van der Waals surface area (Å²) in [6.45, 7) is 6.27. The topological polar surface area (TPSA) is 69.8 Å². The first-order valence-electron chi connectivity index (χ1n) is 6.66. The highest BCUT2D eigenvalue weighted by Gasteiger charge is 2.22. The minimum absolute atomic E-state index is 0.0141. The number of rotatable bonds is 3. The third-order valence-electron chi connectivity index (χ3n) is 3.64. The van der Waals surface area contributed by atoms with E-state index in [1.807, 2.05) is 4.90 Å². The number of anilines is 1. The fourth-order valence-corrected chi connectivity index (χ4v) is 2.39. The summed E-state index contributed by atoms with van der Waals surface area (Å²) in [4.78, 5) is 16.6. The lowest BCUT2D eigenvalue weighted by Crippen LogP contribution is -2.48. The molecular formula is C14H21N3O2. The Morgan fingerprint density at radius 3 is 2.58 bits per heavy atom. The van der Waals surface area contributed by atoms with Crippen LogP contribution in [0, 0.1) is 0 Å². The molecule has 1 aliphatic heterocycles. The quantitative estimate of drug-likeness (QED) is 0.781. The fraction of sp³-hybridized carbons (Fsp3) is 0.500. The van der Waals surface area contributed by atoms with Gasteiger partial charge < -0.3 is 20.6 Å². The van der Waals surface area contributed by atoms with Crippen molar-refractivity contribution in [1.82, 2.24) is 9.80 Å². The molecule has 1 amide bonds. The number of nitrogens with two attached hydrogens (primary N) is 1. The standard InChI is InChI=1S/C14H21N3O2/c1-2-16-5-7-17(8-6-16)14(19)13-4-3-12(15)9-11(13)10-18/h3-4,9,18H,2,5-8,10,15H2,1H3. The molecule has 0 atom stereocenters. The molecular weight excluding hydrogens is 242 g/mol. The first-order valence-corrected chi connectivity index (χ1v) is 6.66. The number of carbonyl (C=O) groups is 1. The van der Waals surface area contributed by atoms with E-state index in [9.17, 15) is 9.90 Å². The van der Waals surface area contributed by atoms with Crippen LogP contribution in [0.5, 0.6) is 0 Å². The minimum Gasteiger partial charge on any atom is -0.399 e. The Hall–Kier alpha value is -1.59. The predicted molar refractivity (Wildman–Crippen MR) is 74.8 cm³/mol. The second-order valence-electron chi connectivity index (χ2n) is 4.80. The molecule has 0 aliphatic carbocycles. The molecule has 1 aliphatic rings. The Morgan fingerprint density at radius 1 is 1.32 bits per heavy atom. The average Bonchev–Trinajstić information content (AvgIpc) is 2.46. The van der Waals surface area contributed by atoms with Gasteiger partial charge in [-0.05, 0) is 30.3 Å². The Labute approximate surface area is 113 Å². The molecule has 0 aromatic heterocycles. The number of likely N-dealkylation sites (N-methyl/N-ethyl adjacent to an activating group) is 1. The van der Waals surface area contributed by atoms with Gasteiger partial charge in [-0.25, -0.2) is 0 Å². The molecule has 0 saturated carbocycles. The molecule has 1 saturated heterocycles. The SMILES string of the molecule is CCN1CCN(C(=O)c2ccc(N)cc2CO)CC1. The van der Waals surface area contributed by atoms with Crippen molar-refractivity contribution in [2.24, 2.45) is 0 Å². The van der Waals surface area contributed by atoms with Gasteiger partial charge in [0.15, 0.2) is 0 Å². The van der Waals surface area contributed by atoms with E-state index in [4.69, 9.17) is 5.73 Å². The van der Waals surface area contributed by atoms with Gasteiger partial charge in [0.1, 0.15) is 0 Å². The molecule has 5 nitrogen and oxygen atoms in total. The molecule has 0 spiro atoms. The van der Waals surface area contributed by atoms with Crippen LogP contribution in [0.1, 0.15) is 22.8 Å². The van der Waals surface area contributed by atoms with Crippen molar-refractivity contribution in [2.45, 2.75) is 13.5 Å². The number of aliphatic hydroxyl groups excluding tert-OH is 1. The van der Waals surface area contributed by atoms with Crippen LogP contribution in [0.25, 0.3) is 0 Å². The number of carbonyl (C=O) groups excluding carboxylic acids is 1. The maximum Gasteiger partial charge on any atom is 0.254 e. The van der Waals surface area contributed by atoms with Gasteiger partial charge in [-0.3, -0.25) is 4.79 Å². The van der Waals surface area contributed by atoms with Gasteiger partial charge in [0.05, 0.1) is 6.61 Å². The Morgan fingerprint density at radius 2 is 2.00 bits per heavy atom. The molecule has 5 heteroatoms. The van der Waals surface area contributed by atoms with E-state index < -0.39 is 0 Å². The maximum atomic E-state index is 12.4. The minimum atomic E-state index is -0.166. The van der Waals surface area contributed by atoms with Gasteiger partial charge in [0.2, 0.25) is 0 Å². The number of nitrogens with zero attached hydrogens (tertiary/aromatic N) is 2. The van der Waals surface area contributed by atoms with Crippen molar-refractivity contribution in [1.29, 1.82) is 0 Å². The van der Waals surface area contributed by atoms with Crippen LogP contribution in [0.15, 0.2) is 18.2 Å². The van der Waals surface area contributed by atoms with Gasteiger partial charge in [-0.2, -0.15) is 0 Å². The van der Waals surface area contributed by atoms with Crippen molar-refractivity contribution in [3.8, 4) is 0 Å². The Bertz CT molecular complexity index is 454. The van der Waals surface area contributed by atoms with Crippen molar-refractivity contribution in [2.75, 3.05) is 38.5 Å². The van der Waals surface area contributed by atoms with E-state index in [2.05, 4.69) is 11.8 Å². The smallest absolute Gasteiger partial charge is 0.254 e. The van der Waals surface area contributed by atoms with E-state index in [0.29, 0.717) is 16.8 Å². The van der Waals surface area contributed by atoms with Gasteiger partial charge in [0.25, 0.3) is 5.91 Å². The van der Waals surface area contributed by atoms with Gasteiger partial charge >= 0.3 is 0 Å². The van der Waals surface area contributed by atoms with Crippen molar-refractivity contribution in [3.05, 3.63) is 29.3 Å². The second-order valence-corrected chi connectivity index (χ2v) is 4.80. The van der Waals surface area contributed by atoms with E-state index in [-0.39, 0.29) is 12.5 Å². The highest BCUT2D eigenvalue weighted by molar-refractivity contribution is 5.96. The summed E-state index contributed by atoms with van der Waals surface area (Å²) in [5, 5.41) is 9.34. The number of hydrogen-bond acceptors (Lipinski definition) is 4. The monoisotopic (exact) mass is 263 g/mol. The van der Waals surface area contributed by atoms with Crippen molar-refractivity contribution >= 4 is 11.6 Å². The summed E-state index contributed by atoms with van der Waals surface area (Å²) in [5.74, 6) is -0.0141. The van der Waals surface area contributed by atoms with Crippen LogP contribution in [0.4, 0.5) is 5.69 Å². The second kappa shape index (κ2) is 6.04. The van der Waals surface area contributed by atoms with E-state index in [1.165, 1.54) is 0 Å². The Balaban J connectivity index is 2.12. The van der Waals surface area contributed by atoms with Crippen molar-refractivity contribution in [3.63, 3.8) is 0 Å². The van der Waals surface area contributed by atoms with E-state index in [1.54, 1.807) is 18.2 Å². The molecule has 19 heavy (non-hydrogen) atoms. The van der Waals surface area contributed by atoms with E-state index in [0.717, 1.165) is 32.7 Å². The normalized spacial score (nSPS) is 16.6. The zero-order valence-electron chi connectivity index (χ0n) is 11.3. The molecule has 0 bridgehead atoms. The lowest BCUT2D eigenvalue weighted by atomic mass is 10.1. The molecule has 1 heterocycles. The molecule has 2 rings (SSSR count). The van der Waals surface area contributed by atoms with Crippen LogP contribution in [-0.4, -0.2) is 53.5 Å². The fourth-order valence-electron chi connectivity index (χ4n) is 2.39. The third kappa shape index (κ3) is 3.05. The summed E-state index contributed by atoms with van der Waals surface area (Å²) >= 11 is 0. The van der Waals surface area contributed by atoms with Crippen LogP contribution < -0.4 is 5.73 Å². The summed E-state index contributed by atoms with van der Waals surface area (Å²) in [5.41, 5.74) is 7.40. The van der Waals surface area contributed by atoms with Crippen LogP contribution in [0.2, 0.25) is 0 Å². The average molecular weight is 263 g/mol. The lowest BCUT2D eigenvalue weighted by Gasteiger charge is -2.34. The number of nitrogen functional groups attached to an aromatic ring is 1. The number of benzene rings is 1. The van der Waals surface area contributed by atoms with Crippen LogP contribution >= 0.6 is 0 Å². The summed E-state index contributed by atoms with van der Waals surface area (Å²) < 4.78 is 0. The number of hydrogen-bond donors (Lipinski definition) is 2. The van der Waals surface area contributed by atoms with Crippen LogP contribution in [-0.2, 0) is 6.61 Å². The molecule has 1 fully saturated rings. The third-order valence-corrected chi connectivity index (χ3v) is 3.64. The van der Waals surface area contributed by atoms with Crippen molar-refractivity contribution < 1.29 is 9.90 Å². The zero-order valence-corrected chi connectivity index (χ0v) is 11.3. The molecule has 1 aromatic rings. The largest absolute Gasteiger partial charge is 0.399 e. The van der Waals surface area contributed by atoms with Gasteiger partial charge in [0, 0.05) is 37.4 Å². The molecule has 0 unspecified atom stereocenters. The summed E-state index contributed by atoms with van der Waals surface area (Å²) in [6.07, 6.45) is 0. The predicted octanol–water partition coefficient (Wildman–Crippen LogP) is 0.539. The molecule has 3 N–H and O–H groups in total. The summed E-state index contributed by atoms with van der Waals surface area (Å²) in [6, 6.07) is 5.07. The summed E-state index contributed by atoms with van der Waals surface area (Å²) in [7, 11) is 0. The molecule has 104 valence electrons. The lowest BCUT2D eigenvalue weighted by molar-refractivity contribution is 0.0640. The number of amides is 1. The molecule has 0 radical (unpaired) electrons. The zero-order chi connectivity index (χ0) is 13.8. The number of aliphatic hydroxyl groups is 1. The van der Waals surface area contributed by atoms with Gasteiger partial charge in [-0.1, -0.05) is 6.92 Å². The number of piperazine rings is 1. The Kier molecular flexibility index (Phi) is 4.39. The first-order chi connectivity index (χ1) is 9.15. The maximum absolute atomic E-state index is 12.4.